The van der Waals surface area contributed by atoms with E-state index in [0.717, 1.165) is 16.1 Å². The average Bonchev–Trinajstić information content (AvgIpc) is 3.30. The zero-order valence-corrected chi connectivity index (χ0v) is 20.4. The Morgan fingerprint density at radius 3 is 2.49 bits per heavy atom. The zero-order chi connectivity index (χ0) is 27.1. The predicted octanol–water partition coefficient (Wildman–Crippen LogP) is 2.25. The third-order valence-corrected chi connectivity index (χ3v) is 5.74. The van der Waals surface area contributed by atoms with Gasteiger partial charge in [0.15, 0.2) is 11.2 Å². The maximum absolute atomic E-state index is 13.4. The number of amides is 1. The highest BCUT2D eigenvalue weighted by molar-refractivity contribution is 5.93. The van der Waals surface area contributed by atoms with Gasteiger partial charge in [0, 0.05) is 25.7 Å². The molecular formula is C24H23F2N7O4. The van der Waals surface area contributed by atoms with Crippen molar-refractivity contribution in [2.24, 2.45) is 7.05 Å². The third kappa shape index (κ3) is 4.92. The molecule has 0 aliphatic rings. The van der Waals surface area contributed by atoms with Gasteiger partial charge < -0.3 is 9.88 Å². The summed E-state index contributed by atoms with van der Waals surface area (Å²) in [5.41, 5.74) is -0.860. The lowest BCUT2D eigenvalue weighted by atomic mass is 10.1. The number of aryl methyl sites for hydroxylation is 1. The Morgan fingerprint density at radius 2 is 1.86 bits per heavy atom. The molecule has 0 saturated carbocycles. The van der Waals surface area contributed by atoms with Gasteiger partial charge in [0.05, 0.1) is 18.6 Å². The van der Waals surface area contributed by atoms with Crippen molar-refractivity contribution in [3.05, 3.63) is 69.4 Å². The molecule has 0 unspecified atom stereocenters. The van der Waals surface area contributed by atoms with Crippen molar-refractivity contribution in [3.8, 4) is 11.3 Å². The van der Waals surface area contributed by atoms with Crippen molar-refractivity contribution in [2.45, 2.75) is 39.3 Å². The number of aromatic nitrogens is 6. The molecule has 1 atom stereocenters. The number of hydrogen-bond acceptors (Lipinski definition) is 7. The number of anilines is 1. The number of halogens is 2. The van der Waals surface area contributed by atoms with E-state index < -0.39 is 35.7 Å². The van der Waals surface area contributed by atoms with E-state index in [1.165, 1.54) is 50.1 Å². The molecule has 4 heterocycles. The van der Waals surface area contributed by atoms with E-state index in [1.54, 1.807) is 18.2 Å². The molecule has 0 aliphatic carbocycles. The average molecular weight is 511 g/mol. The molecular weight excluding hydrogens is 488 g/mol. The molecule has 4 aromatic heterocycles. The van der Waals surface area contributed by atoms with Crippen LogP contribution in [0.4, 0.5) is 14.6 Å². The number of fused-ring (bicyclic) bond motifs is 1. The van der Waals surface area contributed by atoms with Crippen LogP contribution in [0, 0.1) is 0 Å². The number of nitrogens with zero attached hydrogens (tertiary/aromatic N) is 6. The number of imidazole rings is 1. The quantitative estimate of drug-likeness (QED) is 0.402. The van der Waals surface area contributed by atoms with Crippen LogP contribution in [0.2, 0.25) is 0 Å². The number of nitrogens with one attached hydrogen (secondary N) is 1. The van der Waals surface area contributed by atoms with Gasteiger partial charge in [-0.3, -0.25) is 28.5 Å². The molecule has 0 fully saturated rings. The van der Waals surface area contributed by atoms with Gasteiger partial charge in [-0.2, -0.15) is 8.78 Å². The smallest absolute Gasteiger partial charge is 0.312 e. The molecule has 4 aromatic rings. The van der Waals surface area contributed by atoms with Crippen molar-refractivity contribution in [3.63, 3.8) is 0 Å². The van der Waals surface area contributed by atoms with Gasteiger partial charge in [-0.25, -0.2) is 14.8 Å². The van der Waals surface area contributed by atoms with E-state index in [2.05, 4.69) is 20.3 Å². The minimum absolute atomic E-state index is 0.00778. The molecule has 1 N–H and O–H groups in total. The third-order valence-electron chi connectivity index (χ3n) is 5.74. The Hall–Kier alpha value is -4.55. The second-order valence-electron chi connectivity index (χ2n) is 8.65. The summed E-state index contributed by atoms with van der Waals surface area (Å²) in [6.45, 7) is 3.14. The standard InChI is InChI=1S/C24H23F2N7O4/c1-13(34)11-32-22(36)19-20(31(4)23(32)37)28-12-33(19)14(2)21(35)30-18-7-5-6-16(29-18)15-8-9-17(27-10-15)24(3,25)26/h5-10,12,14H,11H2,1-4H3,(H,29,30,35)/t14-/m0/s1. The Labute approximate surface area is 208 Å². The predicted molar refractivity (Wildman–Crippen MR) is 130 cm³/mol. The highest BCUT2D eigenvalue weighted by atomic mass is 19.3. The number of pyridine rings is 2. The Balaban J connectivity index is 1.63. The summed E-state index contributed by atoms with van der Waals surface area (Å²) in [5.74, 6) is -3.80. The molecule has 0 bridgehead atoms. The first-order chi connectivity index (χ1) is 17.4. The first-order valence-corrected chi connectivity index (χ1v) is 11.2. The highest BCUT2D eigenvalue weighted by Gasteiger charge is 2.26. The number of rotatable bonds is 7. The number of alkyl halides is 2. The van der Waals surface area contributed by atoms with Crippen molar-refractivity contribution in [1.82, 2.24) is 28.7 Å². The lowest BCUT2D eigenvalue weighted by molar-refractivity contribution is -0.119. The molecule has 192 valence electrons. The first kappa shape index (κ1) is 25.5. The van der Waals surface area contributed by atoms with E-state index in [-0.39, 0.29) is 28.5 Å². The second-order valence-corrected chi connectivity index (χ2v) is 8.65. The van der Waals surface area contributed by atoms with E-state index in [1.807, 2.05) is 0 Å². The van der Waals surface area contributed by atoms with E-state index in [9.17, 15) is 28.0 Å². The van der Waals surface area contributed by atoms with Crippen molar-refractivity contribution >= 4 is 28.7 Å². The van der Waals surface area contributed by atoms with Crippen LogP contribution in [0.25, 0.3) is 22.4 Å². The summed E-state index contributed by atoms with van der Waals surface area (Å²) in [4.78, 5) is 62.4. The Kier molecular flexibility index (Phi) is 6.55. The monoisotopic (exact) mass is 511 g/mol. The molecule has 11 nitrogen and oxygen atoms in total. The van der Waals surface area contributed by atoms with Gasteiger partial charge in [0.1, 0.15) is 23.3 Å². The highest BCUT2D eigenvalue weighted by Crippen LogP contribution is 2.27. The Morgan fingerprint density at radius 1 is 1.14 bits per heavy atom. The first-order valence-electron chi connectivity index (χ1n) is 11.2. The van der Waals surface area contributed by atoms with Crippen LogP contribution in [-0.4, -0.2) is 40.3 Å². The van der Waals surface area contributed by atoms with Crippen LogP contribution in [0.3, 0.4) is 0 Å². The van der Waals surface area contributed by atoms with E-state index >= 15 is 0 Å². The molecule has 13 heteroatoms. The molecule has 0 saturated heterocycles. The van der Waals surface area contributed by atoms with E-state index in [4.69, 9.17) is 0 Å². The molecule has 37 heavy (non-hydrogen) atoms. The molecule has 0 spiro atoms. The summed E-state index contributed by atoms with van der Waals surface area (Å²) in [6, 6.07) is 6.55. The normalized spacial score (nSPS) is 12.5. The zero-order valence-electron chi connectivity index (χ0n) is 20.4. The van der Waals surface area contributed by atoms with Crippen molar-refractivity contribution < 1.29 is 18.4 Å². The molecule has 1 amide bonds. The van der Waals surface area contributed by atoms with Crippen LogP contribution in [0.1, 0.15) is 32.5 Å². The SMILES string of the molecule is CC(=O)Cn1c(=O)c2c(ncn2[C@@H](C)C(=O)Nc2cccc(-c3ccc(C(C)(F)F)nc3)n2)n(C)c1=O. The minimum atomic E-state index is -3.07. The van der Waals surface area contributed by atoms with Crippen LogP contribution in [0.15, 0.2) is 52.4 Å². The van der Waals surface area contributed by atoms with Crippen LogP contribution in [0.5, 0.6) is 0 Å². The number of carbonyl (C=O) groups excluding carboxylic acids is 2. The molecule has 0 radical (unpaired) electrons. The molecule has 0 aromatic carbocycles. The number of hydrogen-bond donors (Lipinski definition) is 1. The number of carbonyl (C=O) groups is 2. The van der Waals surface area contributed by atoms with Crippen molar-refractivity contribution in [1.29, 1.82) is 0 Å². The fraction of sp³-hybridized carbons (Fsp3) is 0.292. The minimum Gasteiger partial charge on any atom is -0.312 e. The van der Waals surface area contributed by atoms with Gasteiger partial charge in [0.25, 0.3) is 11.5 Å². The fourth-order valence-electron chi connectivity index (χ4n) is 3.77. The topological polar surface area (TPSA) is 134 Å². The maximum Gasteiger partial charge on any atom is 0.332 e. The maximum atomic E-state index is 13.4. The van der Waals surface area contributed by atoms with Gasteiger partial charge in [-0.1, -0.05) is 6.07 Å². The van der Waals surface area contributed by atoms with Crippen LogP contribution >= 0.6 is 0 Å². The largest absolute Gasteiger partial charge is 0.332 e. The van der Waals surface area contributed by atoms with Crippen LogP contribution in [-0.2, 0) is 29.1 Å². The summed E-state index contributed by atoms with van der Waals surface area (Å²) >= 11 is 0. The second kappa shape index (κ2) is 9.48. The summed E-state index contributed by atoms with van der Waals surface area (Å²) < 4.78 is 30.1. The number of Topliss-reactive ketones (excluding diaryl/α,β-unsaturated/α-hetero) is 1. The fourth-order valence-corrected chi connectivity index (χ4v) is 3.77. The summed E-state index contributed by atoms with van der Waals surface area (Å²) in [5, 5.41) is 2.66. The van der Waals surface area contributed by atoms with Gasteiger partial charge in [-0.05, 0) is 38.1 Å². The van der Waals surface area contributed by atoms with Crippen LogP contribution < -0.4 is 16.6 Å². The number of ketones is 1. The Bertz CT molecular complexity index is 1630. The molecule has 0 aliphatic heterocycles. The van der Waals surface area contributed by atoms with Crippen molar-refractivity contribution in [2.75, 3.05) is 5.32 Å². The lowest BCUT2D eigenvalue weighted by Gasteiger charge is -2.15. The van der Waals surface area contributed by atoms with Gasteiger partial charge in [0.2, 0.25) is 5.91 Å². The lowest BCUT2D eigenvalue weighted by Crippen LogP contribution is -2.41. The van der Waals surface area contributed by atoms with Gasteiger partial charge >= 0.3 is 5.69 Å². The summed E-state index contributed by atoms with van der Waals surface area (Å²) in [6.07, 6.45) is 2.55. The summed E-state index contributed by atoms with van der Waals surface area (Å²) in [7, 11) is 1.42. The van der Waals surface area contributed by atoms with E-state index in [0.29, 0.717) is 11.3 Å². The van der Waals surface area contributed by atoms with Gasteiger partial charge in [-0.15, -0.1) is 0 Å². The molecule has 4 rings (SSSR count).